The van der Waals surface area contributed by atoms with E-state index >= 15 is 0 Å². The maximum Gasteiger partial charge on any atom is 0.211 e. The van der Waals surface area contributed by atoms with Crippen LogP contribution < -0.4 is 4.72 Å². The summed E-state index contributed by atoms with van der Waals surface area (Å²) >= 11 is 3.35. The van der Waals surface area contributed by atoms with E-state index in [4.69, 9.17) is 0 Å². The van der Waals surface area contributed by atoms with Gasteiger partial charge < -0.3 is 0 Å². The average Bonchev–Trinajstić information content (AvgIpc) is 2.21. The van der Waals surface area contributed by atoms with Crippen molar-refractivity contribution in [3.05, 3.63) is 34.3 Å². The van der Waals surface area contributed by atoms with Crippen LogP contribution in [0.1, 0.15) is 12.5 Å². The first-order valence-electron chi connectivity index (χ1n) is 4.75. The first-order valence-corrected chi connectivity index (χ1v) is 7.20. The first-order chi connectivity index (χ1) is 7.03. The van der Waals surface area contributed by atoms with Gasteiger partial charge in [0.25, 0.3) is 0 Å². The fourth-order valence-electron chi connectivity index (χ4n) is 1.10. The molecule has 0 spiro atoms. The lowest BCUT2D eigenvalue weighted by molar-refractivity contribution is 0.583. The van der Waals surface area contributed by atoms with E-state index in [2.05, 4.69) is 20.7 Å². The van der Waals surface area contributed by atoms with E-state index in [0.29, 0.717) is 13.0 Å². The minimum Gasteiger partial charge on any atom is -0.215 e. The molecule has 1 aromatic carbocycles. The quantitative estimate of drug-likeness (QED) is 0.901. The van der Waals surface area contributed by atoms with Gasteiger partial charge in [-0.1, -0.05) is 28.1 Å². The van der Waals surface area contributed by atoms with Gasteiger partial charge >= 0.3 is 0 Å². The highest BCUT2D eigenvalue weighted by atomic mass is 79.9. The molecule has 0 radical (unpaired) electrons. The topological polar surface area (TPSA) is 46.2 Å². The predicted octanol–water partition coefficient (Wildman–Crippen LogP) is 1.93. The van der Waals surface area contributed by atoms with Crippen LogP contribution in [0.15, 0.2) is 28.7 Å². The van der Waals surface area contributed by atoms with Gasteiger partial charge in [-0.3, -0.25) is 0 Å². The van der Waals surface area contributed by atoms with Crippen molar-refractivity contribution in [1.29, 1.82) is 0 Å². The Labute approximate surface area is 99.1 Å². The van der Waals surface area contributed by atoms with Crippen molar-refractivity contribution in [2.75, 3.05) is 12.3 Å². The van der Waals surface area contributed by atoms with Gasteiger partial charge in [-0.2, -0.15) is 0 Å². The molecule has 1 aromatic rings. The third-order valence-electron chi connectivity index (χ3n) is 2.03. The van der Waals surface area contributed by atoms with E-state index in [-0.39, 0.29) is 5.75 Å². The first kappa shape index (κ1) is 12.7. The summed E-state index contributed by atoms with van der Waals surface area (Å²) in [5.41, 5.74) is 1.12. The Hall–Kier alpha value is -0.390. The zero-order valence-corrected chi connectivity index (χ0v) is 10.9. The molecular weight excluding hydrogens is 278 g/mol. The van der Waals surface area contributed by atoms with Crippen molar-refractivity contribution in [2.24, 2.45) is 0 Å². The van der Waals surface area contributed by atoms with Gasteiger partial charge in [0, 0.05) is 11.0 Å². The molecule has 0 heterocycles. The molecule has 0 aliphatic carbocycles. The maximum atomic E-state index is 11.1. The standard InChI is InChI=1S/C10H14BrNO2S/c1-2-15(13,14)12-8-7-9-3-5-10(11)6-4-9/h3-6,12H,2,7-8H2,1H3. The third-order valence-corrected chi connectivity index (χ3v) is 3.96. The smallest absolute Gasteiger partial charge is 0.211 e. The Balaban J connectivity index is 2.42. The summed E-state index contributed by atoms with van der Waals surface area (Å²) in [6, 6.07) is 7.85. The largest absolute Gasteiger partial charge is 0.215 e. The number of rotatable bonds is 5. The highest BCUT2D eigenvalue weighted by molar-refractivity contribution is 9.10. The number of hydrogen-bond acceptors (Lipinski definition) is 2. The minimum absolute atomic E-state index is 0.132. The van der Waals surface area contributed by atoms with Crippen LogP contribution in [0.5, 0.6) is 0 Å². The number of nitrogens with one attached hydrogen (secondary N) is 1. The minimum atomic E-state index is -3.06. The SMILES string of the molecule is CCS(=O)(=O)NCCc1ccc(Br)cc1. The van der Waals surface area contributed by atoms with Crippen LogP contribution in [0.2, 0.25) is 0 Å². The van der Waals surface area contributed by atoms with Crippen LogP contribution >= 0.6 is 15.9 Å². The van der Waals surface area contributed by atoms with Crippen LogP contribution in [-0.2, 0) is 16.4 Å². The summed E-state index contributed by atoms with van der Waals surface area (Å²) < 4.78 is 25.8. The Kier molecular flexibility index (Phi) is 4.76. The normalized spacial score (nSPS) is 11.6. The predicted molar refractivity (Wildman–Crippen MR) is 65.3 cm³/mol. The van der Waals surface area contributed by atoms with E-state index in [0.717, 1.165) is 10.0 Å². The van der Waals surface area contributed by atoms with Crippen molar-refractivity contribution in [1.82, 2.24) is 4.72 Å². The van der Waals surface area contributed by atoms with E-state index < -0.39 is 10.0 Å². The van der Waals surface area contributed by atoms with Crippen molar-refractivity contribution < 1.29 is 8.42 Å². The highest BCUT2D eigenvalue weighted by Gasteiger charge is 2.04. The molecule has 84 valence electrons. The zero-order valence-electron chi connectivity index (χ0n) is 8.53. The number of halogens is 1. The van der Waals surface area contributed by atoms with E-state index in [9.17, 15) is 8.42 Å². The summed E-state index contributed by atoms with van der Waals surface area (Å²) in [5.74, 6) is 0.132. The second-order valence-corrected chi connectivity index (χ2v) is 6.19. The summed E-state index contributed by atoms with van der Waals surface area (Å²) in [6.07, 6.45) is 0.715. The maximum absolute atomic E-state index is 11.1. The third kappa shape index (κ3) is 4.77. The highest BCUT2D eigenvalue weighted by Crippen LogP contribution is 2.10. The van der Waals surface area contributed by atoms with Gasteiger partial charge in [-0.05, 0) is 31.0 Å². The van der Waals surface area contributed by atoms with Crippen molar-refractivity contribution >= 4 is 26.0 Å². The Bertz CT molecular complexity index is 400. The molecule has 0 fully saturated rings. The number of benzene rings is 1. The fraction of sp³-hybridized carbons (Fsp3) is 0.400. The number of sulfonamides is 1. The van der Waals surface area contributed by atoms with Gasteiger partial charge in [0.1, 0.15) is 0 Å². The van der Waals surface area contributed by atoms with Crippen LogP contribution in [-0.4, -0.2) is 20.7 Å². The van der Waals surface area contributed by atoms with Gasteiger partial charge in [0.15, 0.2) is 0 Å². The van der Waals surface area contributed by atoms with Crippen LogP contribution in [0, 0.1) is 0 Å². The van der Waals surface area contributed by atoms with Crippen LogP contribution in [0.4, 0.5) is 0 Å². The Morgan fingerprint density at radius 2 is 1.87 bits per heavy atom. The molecule has 0 atom stereocenters. The van der Waals surface area contributed by atoms with Crippen molar-refractivity contribution in [3.63, 3.8) is 0 Å². The zero-order chi connectivity index (χ0) is 11.3. The van der Waals surface area contributed by atoms with Gasteiger partial charge in [0.2, 0.25) is 10.0 Å². The molecule has 1 rings (SSSR count). The molecule has 0 amide bonds. The van der Waals surface area contributed by atoms with Crippen molar-refractivity contribution in [2.45, 2.75) is 13.3 Å². The van der Waals surface area contributed by atoms with E-state index in [1.807, 2.05) is 24.3 Å². The second-order valence-electron chi connectivity index (χ2n) is 3.17. The van der Waals surface area contributed by atoms with Crippen LogP contribution in [0.3, 0.4) is 0 Å². The summed E-state index contributed by atoms with van der Waals surface area (Å²) in [4.78, 5) is 0. The van der Waals surface area contributed by atoms with Gasteiger partial charge in [-0.15, -0.1) is 0 Å². The molecule has 3 nitrogen and oxygen atoms in total. The summed E-state index contributed by atoms with van der Waals surface area (Å²) in [6.45, 7) is 2.08. The summed E-state index contributed by atoms with van der Waals surface area (Å²) in [7, 11) is -3.06. The fourth-order valence-corrected chi connectivity index (χ4v) is 1.99. The molecule has 0 aliphatic heterocycles. The van der Waals surface area contributed by atoms with Crippen molar-refractivity contribution in [3.8, 4) is 0 Å². The Morgan fingerprint density at radius 3 is 2.40 bits per heavy atom. The lowest BCUT2D eigenvalue weighted by Crippen LogP contribution is -2.27. The van der Waals surface area contributed by atoms with E-state index in [1.54, 1.807) is 6.92 Å². The molecule has 5 heteroatoms. The monoisotopic (exact) mass is 291 g/mol. The lowest BCUT2D eigenvalue weighted by atomic mass is 10.2. The van der Waals surface area contributed by atoms with Crippen LogP contribution in [0.25, 0.3) is 0 Å². The molecule has 0 unspecified atom stereocenters. The summed E-state index contributed by atoms with van der Waals surface area (Å²) in [5, 5.41) is 0. The number of hydrogen-bond donors (Lipinski definition) is 1. The molecule has 0 saturated carbocycles. The second kappa shape index (κ2) is 5.63. The molecular formula is C10H14BrNO2S. The van der Waals surface area contributed by atoms with Gasteiger partial charge in [-0.25, -0.2) is 13.1 Å². The van der Waals surface area contributed by atoms with E-state index in [1.165, 1.54) is 0 Å². The molecule has 0 bridgehead atoms. The lowest BCUT2D eigenvalue weighted by Gasteiger charge is -2.04. The average molecular weight is 292 g/mol. The molecule has 0 aliphatic rings. The molecule has 0 aromatic heterocycles. The van der Waals surface area contributed by atoms with Gasteiger partial charge in [0.05, 0.1) is 5.75 Å². The Morgan fingerprint density at radius 1 is 1.27 bits per heavy atom. The molecule has 0 saturated heterocycles. The molecule has 15 heavy (non-hydrogen) atoms. The molecule has 1 N–H and O–H groups in total.